The molecule has 0 bridgehead atoms. The SMILES string of the molecule is CC(C)C[C@@H](NC(=O)/C=C/c1ccc(O)cc1)C(=O)N[C@@H](C(=O)N[C@H](Cc1ccccc1)C(=O)N[C@H](Cc1ccccc1)C(=O)N[C@H](C)C(N)=O)C(C)C. The molecule has 6 amide bonds. The second-order valence-corrected chi connectivity index (χ2v) is 14.0. The zero-order chi connectivity index (χ0) is 39.8. The average Bonchev–Trinajstić information content (AvgIpc) is 3.13. The number of carbonyl (C=O) groups excluding carboxylic acids is 6. The maximum Gasteiger partial charge on any atom is 0.244 e. The Hall–Kier alpha value is -5.98. The monoisotopic (exact) mass is 740 g/mol. The van der Waals surface area contributed by atoms with E-state index in [0.717, 1.165) is 11.1 Å². The van der Waals surface area contributed by atoms with Gasteiger partial charge in [-0.05, 0) is 60.1 Å². The Kier molecular flexibility index (Phi) is 16.4. The van der Waals surface area contributed by atoms with Crippen LogP contribution >= 0.6 is 0 Å². The number of primary amides is 1. The maximum atomic E-state index is 14.0. The molecule has 13 heteroatoms. The molecule has 5 atom stereocenters. The molecular formula is C41H52N6O7. The topological polar surface area (TPSA) is 209 Å². The van der Waals surface area contributed by atoms with Gasteiger partial charge in [-0.3, -0.25) is 28.8 Å². The molecular weight excluding hydrogens is 688 g/mol. The van der Waals surface area contributed by atoms with Crippen LogP contribution in [0.15, 0.2) is 91.0 Å². The number of nitrogens with two attached hydrogens (primary N) is 1. The van der Waals surface area contributed by atoms with Gasteiger partial charge in [-0.15, -0.1) is 0 Å². The van der Waals surface area contributed by atoms with Crippen molar-refractivity contribution in [3.8, 4) is 5.75 Å². The summed E-state index contributed by atoms with van der Waals surface area (Å²) >= 11 is 0. The van der Waals surface area contributed by atoms with Gasteiger partial charge in [0.1, 0.15) is 36.0 Å². The Morgan fingerprint density at radius 3 is 1.57 bits per heavy atom. The van der Waals surface area contributed by atoms with E-state index >= 15 is 0 Å². The largest absolute Gasteiger partial charge is 0.508 e. The van der Waals surface area contributed by atoms with E-state index in [9.17, 15) is 33.9 Å². The van der Waals surface area contributed by atoms with Gasteiger partial charge in [-0.2, -0.15) is 0 Å². The summed E-state index contributed by atoms with van der Waals surface area (Å²) in [6.45, 7) is 8.73. The van der Waals surface area contributed by atoms with E-state index in [4.69, 9.17) is 5.73 Å². The summed E-state index contributed by atoms with van der Waals surface area (Å²) in [6, 6.07) is 18.9. The zero-order valence-electron chi connectivity index (χ0n) is 31.4. The number of carbonyl (C=O) groups is 6. The summed E-state index contributed by atoms with van der Waals surface area (Å²) in [4.78, 5) is 79.6. The fourth-order valence-corrected chi connectivity index (χ4v) is 5.51. The van der Waals surface area contributed by atoms with Crippen LogP contribution in [0.3, 0.4) is 0 Å². The van der Waals surface area contributed by atoms with Crippen molar-refractivity contribution < 1.29 is 33.9 Å². The van der Waals surface area contributed by atoms with Gasteiger partial charge in [-0.25, -0.2) is 0 Å². The second-order valence-electron chi connectivity index (χ2n) is 14.0. The first-order valence-corrected chi connectivity index (χ1v) is 18.0. The highest BCUT2D eigenvalue weighted by molar-refractivity contribution is 5.98. The van der Waals surface area contributed by atoms with Gasteiger partial charge in [0.25, 0.3) is 0 Å². The van der Waals surface area contributed by atoms with E-state index in [1.807, 2.05) is 26.0 Å². The van der Waals surface area contributed by atoms with Gasteiger partial charge < -0.3 is 37.4 Å². The second kappa shape index (κ2) is 20.9. The van der Waals surface area contributed by atoms with Gasteiger partial charge in [0.15, 0.2) is 0 Å². The molecule has 0 saturated carbocycles. The van der Waals surface area contributed by atoms with Crippen LogP contribution in [0.5, 0.6) is 5.75 Å². The van der Waals surface area contributed by atoms with Crippen LogP contribution in [0.4, 0.5) is 0 Å². The number of benzene rings is 3. The Bertz CT molecular complexity index is 1750. The van der Waals surface area contributed by atoms with Crippen molar-refractivity contribution in [2.45, 2.75) is 84.1 Å². The lowest BCUT2D eigenvalue weighted by atomic mass is 9.98. The summed E-state index contributed by atoms with van der Waals surface area (Å²) in [7, 11) is 0. The third-order valence-corrected chi connectivity index (χ3v) is 8.52. The lowest BCUT2D eigenvalue weighted by molar-refractivity contribution is -0.135. The van der Waals surface area contributed by atoms with Crippen molar-refractivity contribution in [2.75, 3.05) is 0 Å². The molecule has 0 heterocycles. The van der Waals surface area contributed by atoms with E-state index in [0.29, 0.717) is 5.56 Å². The predicted octanol–water partition coefficient (Wildman–Crippen LogP) is 2.52. The highest BCUT2D eigenvalue weighted by Crippen LogP contribution is 2.13. The highest BCUT2D eigenvalue weighted by Gasteiger charge is 2.33. The standard InChI is InChI=1S/C41H52N6O7/c1-25(2)22-32(44-35(49)21-18-28-16-19-31(48)20-17-28)40(53)47-36(26(3)4)41(54)46-34(24-30-14-10-7-11-15-30)39(52)45-33(23-29-12-8-6-9-13-29)38(51)43-27(5)37(42)50/h6-21,25-27,32-34,36,48H,22-24H2,1-5H3,(H2,42,50)(H,43,51)(H,44,49)(H,45,52)(H,46,54)(H,47,53)/b21-18+/t27-,32-,33-,34-,36-/m1/s1. The highest BCUT2D eigenvalue weighted by atomic mass is 16.3. The number of rotatable bonds is 19. The molecule has 288 valence electrons. The van der Waals surface area contributed by atoms with E-state index in [1.54, 1.807) is 80.6 Å². The Balaban J connectivity index is 1.82. The maximum absolute atomic E-state index is 14.0. The van der Waals surface area contributed by atoms with E-state index < -0.39 is 71.6 Å². The fourth-order valence-electron chi connectivity index (χ4n) is 5.51. The first-order chi connectivity index (χ1) is 25.6. The number of nitrogens with one attached hydrogen (secondary N) is 5. The smallest absolute Gasteiger partial charge is 0.244 e. The van der Waals surface area contributed by atoms with E-state index in [2.05, 4.69) is 26.6 Å². The van der Waals surface area contributed by atoms with Crippen molar-refractivity contribution in [1.82, 2.24) is 26.6 Å². The number of hydrogen-bond acceptors (Lipinski definition) is 7. The average molecular weight is 741 g/mol. The number of amides is 6. The minimum absolute atomic E-state index is 0.0133. The molecule has 0 aromatic heterocycles. The zero-order valence-corrected chi connectivity index (χ0v) is 31.4. The lowest BCUT2D eigenvalue weighted by Crippen LogP contribution is -2.60. The van der Waals surface area contributed by atoms with Gasteiger partial charge in [-0.1, -0.05) is 100 Å². The fraction of sp³-hybridized carbons (Fsp3) is 0.366. The van der Waals surface area contributed by atoms with Crippen molar-refractivity contribution in [3.05, 3.63) is 108 Å². The number of phenols is 1. The van der Waals surface area contributed by atoms with Gasteiger partial charge in [0.2, 0.25) is 35.4 Å². The molecule has 0 aliphatic rings. The minimum atomic E-state index is -1.17. The van der Waals surface area contributed by atoms with E-state index in [-0.39, 0.29) is 30.9 Å². The van der Waals surface area contributed by atoms with Crippen molar-refractivity contribution >= 4 is 41.5 Å². The van der Waals surface area contributed by atoms with Gasteiger partial charge in [0.05, 0.1) is 0 Å². The number of phenolic OH excluding ortho intramolecular Hbond substituents is 1. The van der Waals surface area contributed by atoms with Crippen LogP contribution in [0.2, 0.25) is 0 Å². The predicted molar refractivity (Wildman–Crippen MR) is 206 cm³/mol. The first-order valence-electron chi connectivity index (χ1n) is 18.0. The normalized spacial score (nSPS) is 14.0. The van der Waals surface area contributed by atoms with E-state index in [1.165, 1.54) is 25.1 Å². The third kappa shape index (κ3) is 14.2. The molecule has 54 heavy (non-hydrogen) atoms. The van der Waals surface area contributed by atoms with Crippen molar-refractivity contribution in [3.63, 3.8) is 0 Å². The Morgan fingerprint density at radius 1 is 0.611 bits per heavy atom. The quantitative estimate of drug-likeness (QED) is 0.0913. The Labute approximate surface area is 316 Å². The Morgan fingerprint density at radius 2 is 1.09 bits per heavy atom. The molecule has 3 aromatic rings. The number of aromatic hydroxyl groups is 1. The molecule has 3 rings (SSSR count). The molecule has 0 aliphatic carbocycles. The molecule has 0 spiro atoms. The molecule has 0 radical (unpaired) electrons. The molecule has 0 aliphatic heterocycles. The minimum Gasteiger partial charge on any atom is -0.508 e. The van der Waals surface area contributed by atoms with Crippen LogP contribution in [0, 0.1) is 11.8 Å². The van der Waals surface area contributed by atoms with Gasteiger partial charge >= 0.3 is 0 Å². The van der Waals surface area contributed by atoms with Crippen molar-refractivity contribution in [2.24, 2.45) is 17.6 Å². The van der Waals surface area contributed by atoms with Crippen molar-refractivity contribution in [1.29, 1.82) is 0 Å². The summed E-state index contributed by atoms with van der Waals surface area (Å²) in [6.07, 6.45) is 3.27. The molecule has 8 N–H and O–H groups in total. The molecule has 0 saturated heterocycles. The van der Waals surface area contributed by atoms with Crippen LogP contribution in [-0.2, 0) is 41.6 Å². The summed E-state index contributed by atoms with van der Waals surface area (Å²) < 4.78 is 0. The third-order valence-electron chi connectivity index (χ3n) is 8.52. The lowest BCUT2D eigenvalue weighted by Gasteiger charge is -2.28. The molecule has 13 nitrogen and oxygen atoms in total. The van der Waals surface area contributed by atoms with Crippen LogP contribution < -0.4 is 32.3 Å². The summed E-state index contributed by atoms with van der Waals surface area (Å²) in [5.74, 6) is -4.09. The van der Waals surface area contributed by atoms with Crippen LogP contribution in [-0.4, -0.2) is 70.8 Å². The van der Waals surface area contributed by atoms with Crippen LogP contribution in [0.1, 0.15) is 57.7 Å². The first kappa shape index (κ1) is 42.4. The molecule has 0 fully saturated rings. The summed E-state index contributed by atoms with van der Waals surface area (Å²) in [5.41, 5.74) is 7.52. The molecule has 3 aromatic carbocycles. The number of hydrogen-bond donors (Lipinski definition) is 7. The van der Waals surface area contributed by atoms with Gasteiger partial charge in [0, 0.05) is 18.9 Å². The summed E-state index contributed by atoms with van der Waals surface area (Å²) in [5, 5.41) is 23.1. The molecule has 0 unspecified atom stereocenters. The van der Waals surface area contributed by atoms with Crippen LogP contribution in [0.25, 0.3) is 6.08 Å².